The summed E-state index contributed by atoms with van der Waals surface area (Å²) in [6.45, 7) is 8.45. The fraction of sp³-hybridized carbons (Fsp3) is 0.750. The molecule has 3 heterocycles. The minimum Gasteiger partial charge on any atom is -0.338 e. The van der Waals surface area contributed by atoms with E-state index in [-0.39, 0.29) is 17.4 Å². The number of carbonyl (C=O) groups is 2. The lowest BCUT2D eigenvalue weighted by atomic mass is 9.77. The normalized spacial score (nSPS) is 25.0. The van der Waals surface area contributed by atoms with Gasteiger partial charge in [0, 0.05) is 39.3 Å². The monoisotopic (exact) mass is 291 g/mol. The van der Waals surface area contributed by atoms with Gasteiger partial charge in [0.25, 0.3) is 0 Å². The third-order valence-corrected chi connectivity index (χ3v) is 5.32. The van der Waals surface area contributed by atoms with E-state index in [9.17, 15) is 9.59 Å². The number of nitrogens with zero attached hydrogens (tertiary/aromatic N) is 3. The molecule has 3 aliphatic heterocycles. The van der Waals surface area contributed by atoms with Gasteiger partial charge in [0.15, 0.2) is 0 Å². The quantitative estimate of drug-likeness (QED) is 0.727. The topological polar surface area (TPSA) is 43.9 Å². The maximum Gasteiger partial charge on any atom is 0.319 e. The maximum absolute atomic E-state index is 12.6. The predicted molar refractivity (Wildman–Crippen MR) is 80.8 cm³/mol. The van der Waals surface area contributed by atoms with Crippen LogP contribution in [0.25, 0.3) is 0 Å². The lowest BCUT2D eigenvalue weighted by Crippen LogP contribution is -2.50. The van der Waals surface area contributed by atoms with Gasteiger partial charge >= 0.3 is 6.03 Å². The van der Waals surface area contributed by atoms with Gasteiger partial charge in [0.1, 0.15) is 0 Å². The minimum absolute atomic E-state index is 0.177. The summed E-state index contributed by atoms with van der Waals surface area (Å²) in [6.07, 6.45) is 6.61. The number of likely N-dealkylation sites (tertiary alicyclic amines) is 3. The van der Waals surface area contributed by atoms with Crippen molar-refractivity contribution in [3.05, 3.63) is 12.7 Å². The number of urea groups is 1. The van der Waals surface area contributed by atoms with Crippen molar-refractivity contribution >= 4 is 11.9 Å². The Kier molecular flexibility index (Phi) is 3.91. The molecule has 0 bridgehead atoms. The van der Waals surface area contributed by atoms with E-state index in [0.717, 1.165) is 64.8 Å². The Morgan fingerprint density at radius 2 is 1.62 bits per heavy atom. The van der Waals surface area contributed by atoms with Crippen LogP contribution in [0.1, 0.15) is 32.1 Å². The molecular formula is C16H25N3O2. The molecule has 0 aromatic carbocycles. The van der Waals surface area contributed by atoms with E-state index < -0.39 is 0 Å². The summed E-state index contributed by atoms with van der Waals surface area (Å²) in [5.74, 6) is 0.274. The lowest BCUT2D eigenvalue weighted by Gasteiger charge is -2.39. The number of carbonyl (C=O) groups excluding carboxylic acids is 2. The molecule has 0 aliphatic carbocycles. The summed E-state index contributed by atoms with van der Waals surface area (Å²) in [5.41, 5.74) is -0.204. The van der Waals surface area contributed by atoms with E-state index >= 15 is 0 Å². The van der Waals surface area contributed by atoms with E-state index in [1.54, 1.807) is 6.08 Å². The maximum atomic E-state index is 12.6. The number of amides is 3. The average Bonchev–Trinajstić information content (AvgIpc) is 3.13. The number of hydrogen-bond acceptors (Lipinski definition) is 2. The minimum atomic E-state index is -0.204. The SMILES string of the molecule is C=CCN1CCC2(CCN(C(=O)N3CCCC3)CC2)C1=O. The van der Waals surface area contributed by atoms with Gasteiger partial charge in [0.2, 0.25) is 5.91 Å². The fourth-order valence-corrected chi connectivity index (χ4v) is 3.92. The second-order valence-electron chi connectivity index (χ2n) is 6.53. The Morgan fingerprint density at radius 3 is 2.24 bits per heavy atom. The zero-order valence-electron chi connectivity index (χ0n) is 12.7. The van der Waals surface area contributed by atoms with Crippen LogP contribution in [-0.2, 0) is 4.79 Å². The van der Waals surface area contributed by atoms with Crippen LogP contribution in [0.3, 0.4) is 0 Å². The third-order valence-electron chi connectivity index (χ3n) is 5.32. The van der Waals surface area contributed by atoms with Crippen LogP contribution in [0.5, 0.6) is 0 Å². The lowest BCUT2D eigenvalue weighted by molar-refractivity contribution is -0.137. The first kappa shape index (κ1) is 14.4. The average molecular weight is 291 g/mol. The molecule has 21 heavy (non-hydrogen) atoms. The van der Waals surface area contributed by atoms with Crippen molar-refractivity contribution in [2.75, 3.05) is 39.3 Å². The van der Waals surface area contributed by atoms with Gasteiger partial charge in [-0.1, -0.05) is 6.08 Å². The summed E-state index contributed by atoms with van der Waals surface area (Å²) in [4.78, 5) is 30.8. The van der Waals surface area contributed by atoms with Crippen molar-refractivity contribution in [2.24, 2.45) is 5.41 Å². The highest BCUT2D eigenvalue weighted by Gasteiger charge is 2.48. The Bertz CT molecular complexity index is 435. The van der Waals surface area contributed by atoms with Crippen molar-refractivity contribution in [3.63, 3.8) is 0 Å². The van der Waals surface area contributed by atoms with Gasteiger partial charge in [-0.05, 0) is 32.1 Å². The molecule has 0 atom stereocenters. The number of hydrogen-bond donors (Lipinski definition) is 0. The van der Waals surface area contributed by atoms with Gasteiger partial charge in [-0.15, -0.1) is 6.58 Å². The Morgan fingerprint density at radius 1 is 1.05 bits per heavy atom. The van der Waals surface area contributed by atoms with Crippen LogP contribution in [0.2, 0.25) is 0 Å². The third kappa shape index (κ3) is 2.54. The molecule has 3 rings (SSSR count). The van der Waals surface area contributed by atoms with E-state index in [1.165, 1.54) is 0 Å². The Labute approximate surface area is 126 Å². The highest BCUT2D eigenvalue weighted by molar-refractivity contribution is 5.85. The van der Waals surface area contributed by atoms with Crippen LogP contribution >= 0.6 is 0 Å². The van der Waals surface area contributed by atoms with Gasteiger partial charge in [-0.25, -0.2) is 4.79 Å². The van der Waals surface area contributed by atoms with Crippen molar-refractivity contribution in [1.82, 2.24) is 14.7 Å². The first-order chi connectivity index (χ1) is 10.2. The van der Waals surface area contributed by atoms with Crippen LogP contribution < -0.4 is 0 Å². The van der Waals surface area contributed by atoms with Crippen LogP contribution in [-0.4, -0.2) is 65.9 Å². The molecule has 0 N–H and O–H groups in total. The van der Waals surface area contributed by atoms with Crippen LogP contribution in [0.4, 0.5) is 4.79 Å². The molecule has 3 saturated heterocycles. The molecule has 0 saturated carbocycles. The molecule has 0 unspecified atom stereocenters. The summed E-state index contributed by atoms with van der Waals surface area (Å²) in [7, 11) is 0. The first-order valence-corrected chi connectivity index (χ1v) is 8.10. The van der Waals surface area contributed by atoms with Crippen molar-refractivity contribution in [3.8, 4) is 0 Å². The zero-order chi connectivity index (χ0) is 14.9. The number of rotatable bonds is 2. The molecule has 5 heteroatoms. The van der Waals surface area contributed by atoms with Crippen LogP contribution in [0.15, 0.2) is 12.7 Å². The molecule has 5 nitrogen and oxygen atoms in total. The second kappa shape index (κ2) is 5.70. The summed E-state index contributed by atoms with van der Waals surface area (Å²) >= 11 is 0. The fourth-order valence-electron chi connectivity index (χ4n) is 3.92. The Balaban J connectivity index is 1.58. The Hall–Kier alpha value is -1.52. The second-order valence-corrected chi connectivity index (χ2v) is 6.53. The van der Waals surface area contributed by atoms with Crippen molar-refractivity contribution < 1.29 is 9.59 Å². The van der Waals surface area contributed by atoms with Gasteiger partial charge in [-0.2, -0.15) is 0 Å². The van der Waals surface area contributed by atoms with Crippen molar-refractivity contribution in [2.45, 2.75) is 32.1 Å². The highest BCUT2D eigenvalue weighted by atomic mass is 16.2. The molecule has 3 amide bonds. The van der Waals surface area contributed by atoms with Crippen LogP contribution in [0, 0.1) is 5.41 Å². The molecule has 0 aromatic heterocycles. The molecule has 3 fully saturated rings. The molecule has 0 aromatic rings. The van der Waals surface area contributed by atoms with E-state index in [1.807, 2.05) is 14.7 Å². The van der Waals surface area contributed by atoms with E-state index in [2.05, 4.69) is 6.58 Å². The predicted octanol–water partition coefficient (Wildman–Crippen LogP) is 1.70. The smallest absolute Gasteiger partial charge is 0.319 e. The molecule has 116 valence electrons. The van der Waals surface area contributed by atoms with E-state index in [4.69, 9.17) is 0 Å². The molecule has 3 aliphatic rings. The highest BCUT2D eigenvalue weighted by Crippen LogP contribution is 2.41. The first-order valence-electron chi connectivity index (χ1n) is 8.10. The standard InChI is InChI=1S/C16H25N3O2/c1-2-8-17-11-5-16(14(17)20)6-12-19(13-7-16)15(21)18-9-3-4-10-18/h2H,1,3-13H2. The van der Waals surface area contributed by atoms with E-state index in [0.29, 0.717) is 6.54 Å². The molecule has 1 spiro atoms. The van der Waals surface area contributed by atoms with Crippen molar-refractivity contribution in [1.29, 1.82) is 0 Å². The van der Waals surface area contributed by atoms with Gasteiger partial charge in [0.05, 0.1) is 5.41 Å². The number of piperidine rings is 1. The summed E-state index contributed by atoms with van der Waals surface area (Å²) in [5, 5.41) is 0. The largest absolute Gasteiger partial charge is 0.338 e. The van der Waals surface area contributed by atoms with Gasteiger partial charge in [-0.3, -0.25) is 4.79 Å². The summed E-state index contributed by atoms with van der Waals surface area (Å²) in [6, 6.07) is 0.177. The van der Waals surface area contributed by atoms with Gasteiger partial charge < -0.3 is 14.7 Å². The molecule has 0 radical (unpaired) electrons. The zero-order valence-corrected chi connectivity index (χ0v) is 12.7. The molecular weight excluding hydrogens is 266 g/mol. The summed E-state index contributed by atoms with van der Waals surface area (Å²) < 4.78 is 0.